The van der Waals surface area contributed by atoms with Crippen LogP contribution < -0.4 is 5.32 Å². The molecule has 0 bridgehead atoms. The molecule has 0 aliphatic carbocycles. The number of thiazole rings is 1. The third kappa shape index (κ3) is 3.03. The third-order valence-electron chi connectivity index (χ3n) is 2.86. The van der Waals surface area contributed by atoms with Crippen LogP contribution in [0.1, 0.15) is 18.9 Å². The maximum Gasteiger partial charge on any atom is 0.108 e. The lowest BCUT2D eigenvalue weighted by Crippen LogP contribution is -2.36. The SMILES string of the molecule is CC(C)C(CO)NCc1nc2ccccc2s1. The van der Waals surface area contributed by atoms with Gasteiger partial charge in [0.15, 0.2) is 0 Å². The Hall–Kier alpha value is -0.970. The number of nitrogens with zero attached hydrogens (tertiary/aromatic N) is 1. The first-order chi connectivity index (χ1) is 8.20. The molecule has 1 aromatic carbocycles. The number of fused-ring (bicyclic) bond motifs is 1. The van der Waals surface area contributed by atoms with Crippen molar-refractivity contribution >= 4 is 21.6 Å². The molecule has 0 spiro atoms. The molecule has 0 aliphatic rings. The van der Waals surface area contributed by atoms with Crippen LogP contribution in [-0.2, 0) is 6.54 Å². The van der Waals surface area contributed by atoms with Crippen molar-refractivity contribution in [3.63, 3.8) is 0 Å². The molecule has 92 valence electrons. The first-order valence-electron chi connectivity index (χ1n) is 5.89. The normalized spacial score (nSPS) is 13.4. The fraction of sp³-hybridized carbons (Fsp3) is 0.462. The summed E-state index contributed by atoms with van der Waals surface area (Å²) in [4.78, 5) is 4.55. The highest BCUT2D eigenvalue weighted by molar-refractivity contribution is 7.18. The number of nitrogens with one attached hydrogen (secondary N) is 1. The quantitative estimate of drug-likeness (QED) is 0.856. The summed E-state index contributed by atoms with van der Waals surface area (Å²) < 4.78 is 1.22. The van der Waals surface area contributed by atoms with E-state index in [1.54, 1.807) is 11.3 Å². The molecule has 1 heterocycles. The molecular formula is C13H18N2OS. The first-order valence-corrected chi connectivity index (χ1v) is 6.71. The minimum atomic E-state index is 0.141. The summed E-state index contributed by atoms with van der Waals surface area (Å²) in [7, 11) is 0. The lowest BCUT2D eigenvalue weighted by molar-refractivity contribution is 0.210. The highest BCUT2D eigenvalue weighted by atomic mass is 32.1. The summed E-state index contributed by atoms with van der Waals surface area (Å²) in [5, 5.41) is 13.7. The van der Waals surface area contributed by atoms with Crippen LogP contribution in [-0.4, -0.2) is 22.7 Å². The van der Waals surface area contributed by atoms with Crippen LogP contribution >= 0.6 is 11.3 Å². The van der Waals surface area contributed by atoms with Gasteiger partial charge in [0.2, 0.25) is 0 Å². The van der Waals surface area contributed by atoms with E-state index < -0.39 is 0 Å². The summed E-state index contributed by atoms with van der Waals surface area (Å²) >= 11 is 1.71. The molecule has 0 radical (unpaired) electrons. The standard InChI is InChI=1S/C13H18N2OS/c1-9(2)11(8-16)14-7-13-15-10-5-3-4-6-12(10)17-13/h3-6,9,11,14,16H,7-8H2,1-2H3. The van der Waals surface area contributed by atoms with Gasteiger partial charge in [0.1, 0.15) is 5.01 Å². The molecule has 0 amide bonds. The van der Waals surface area contributed by atoms with E-state index in [0.717, 1.165) is 17.1 Å². The second-order valence-electron chi connectivity index (χ2n) is 4.49. The van der Waals surface area contributed by atoms with E-state index in [0.29, 0.717) is 5.92 Å². The molecule has 2 aromatic rings. The van der Waals surface area contributed by atoms with E-state index in [2.05, 4.69) is 30.2 Å². The largest absolute Gasteiger partial charge is 0.395 e. The molecule has 3 nitrogen and oxygen atoms in total. The van der Waals surface area contributed by atoms with Crippen LogP contribution in [0.3, 0.4) is 0 Å². The van der Waals surface area contributed by atoms with E-state index in [9.17, 15) is 5.11 Å². The van der Waals surface area contributed by atoms with Crippen molar-refractivity contribution in [2.75, 3.05) is 6.61 Å². The second kappa shape index (κ2) is 5.58. The molecule has 2 rings (SSSR count). The average molecular weight is 250 g/mol. The van der Waals surface area contributed by atoms with Crippen molar-refractivity contribution < 1.29 is 5.11 Å². The molecular weight excluding hydrogens is 232 g/mol. The van der Waals surface area contributed by atoms with Crippen LogP contribution in [0.2, 0.25) is 0 Å². The van der Waals surface area contributed by atoms with Gasteiger partial charge < -0.3 is 10.4 Å². The highest BCUT2D eigenvalue weighted by Gasteiger charge is 2.12. The Morgan fingerprint density at radius 3 is 2.76 bits per heavy atom. The van der Waals surface area contributed by atoms with Gasteiger partial charge in [0.05, 0.1) is 16.8 Å². The fourth-order valence-electron chi connectivity index (χ4n) is 1.73. The molecule has 0 aliphatic heterocycles. The van der Waals surface area contributed by atoms with Crippen LogP contribution in [0.4, 0.5) is 0 Å². The molecule has 0 saturated carbocycles. The number of benzene rings is 1. The Morgan fingerprint density at radius 2 is 2.12 bits per heavy atom. The van der Waals surface area contributed by atoms with Crippen molar-refractivity contribution in [3.05, 3.63) is 29.3 Å². The monoisotopic (exact) mass is 250 g/mol. The predicted octanol–water partition coefficient (Wildman–Crippen LogP) is 2.40. The predicted molar refractivity (Wildman–Crippen MR) is 72.2 cm³/mol. The Bertz CT molecular complexity index is 448. The minimum absolute atomic E-state index is 0.141. The molecule has 4 heteroatoms. The number of hydrogen-bond acceptors (Lipinski definition) is 4. The summed E-state index contributed by atoms with van der Waals surface area (Å²) in [5.41, 5.74) is 1.05. The highest BCUT2D eigenvalue weighted by Crippen LogP contribution is 2.21. The number of aromatic nitrogens is 1. The average Bonchev–Trinajstić information content (AvgIpc) is 2.71. The van der Waals surface area contributed by atoms with Gasteiger partial charge in [-0.1, -0.05) is 26.0 Å². The van der Waals surface area contributed by atoms with Gasteiger partial charge >= 0.3 is 0 Å². The van der Waals surface area contributed by atoms with Gasteiger partial charge in [-0.25, -0.2) is 4.98 Å². The Morgan fingerprint density at radius 1 is 1.35 bits per heavy atom. The van der Waals surface area contributed by atoms with Crippen LogP contribution in [0, 0.1) is 5.92 Å². The van der Waals surface area contributed by atoms with Crippen molar-refractivity contribution in [3.8, 4) is 0 Å². The second-order valence-corrected chi connectivity index (χ2v) is 5.60. The van der Waals surface area contributed by atoms with Gasteiger partial charge in [-0.05, 0) is 18.1 Å². The van der Waals surface area contributed by atoms with E-state index in [-0.39, 0.29) is 12.6 Å². The maximum absolute atomic E-state index is 9.23. The fourth-order valence-corrected chi connectivity index (χ4v) is 2.64. The number of para-hydroxylation sites is 1. The van der Waals surface area contributed by atoms with Gasteiger partial charge in [-0.3, -0.25) is 0 Å². The molecule has 17 heavy (non-hydrogen) atoms. The zero-order chi connectivity index (χ0) is 12.3. The topological polar surface area (TPSA) is 45.1 Å². The third-order valence-corrected chi connectivity index (χ3v) is 3.89. The summed E-state index contributed by atoms with van der Waals surface area (Å²) in [5.74, 6) is 0.425. The molecule has 0 saturated heterocycles. The Balaban J connectivity index is 2.03. The first kappa shape index (κ1) is 12.5. The number of aliphatic hydroxyl groups excluding tert-OH is 1. The molecule has 1 aromatic heterocycles. The van der Waals surface area contributed by atoms with E-state index in [4.69, 9.17) is 0 Å². The Kier molecular flexibility index (Phi) is 4.10. The van der Waals surface area contributed by atoms with Crippen molar-refractivity contribution in [2.45, 2.75) is 26.4 Å². The van der Waals surface area contributed by atoms with Gasteiger partial charge in [0, 0.05) is 12.6 Å². The molecule has 2 N–H and O–H groups in total. The summed E-state index contributed by atoms with van der Waals surface area (Å²) in [6, 6.07) is 8.29. The minimum Gasteiger partial charge on any atom is -0.395 e. The molecule has 1 unspecified atom stereocenters. The smallest absolute Gasteiger partial charge is 0.108 e. The number of rotatable bonds is 5. The molecule has 1 atom stereocenters. The van der Waals surface area contributed by atoms with Crippen LogP contribution in [0.5, 0.6) is 0 Å². The number of hydrogen-bond donors (Lipinski definition) is 2. The molecule has 0 fully saturated rings. The van der Waals surface area contributed by atoms with Crippen molar-refractivity contribution in [1.82, 2.24) is 10.3 Å². The van der Waals surface area contributed by atoms with Crippen molar-refractivity contribution in [1.29, 1.82) is 0 Å². The maximum atomic E-state index is 9.23. The lowest BCUT2D eigenvalue weighted by Gasteiger charge is -2.18. The van der Waals surface area contributed by atoms with E-state index >= 15 is 0 Å². The van der Waals surface area contributed by atoms with Gasteiger partial charge in [0.25, 0.3) is 0 Å². The summed E-state index contributed by atoms with van der Waals surface area (Å²) in [6.07, 6.45) is 0. The van der Waals surface area contributed by atoms with E-state index in [1.807, 2.05) is 18.2 Å². The lowest BCUT2D eigenvalue weighted by atomic mass is 10.1. The Labute approximate surface area is 106 Å². The zero-order valence-electron chi connectivity index (χ0n) is 10.2. The number of aliphatic hydroxyl groups is 1. The van der Waals surface area contributed by atoms with Gasteiger partial charge in [-0.15, -0.1) is 11.3 Å². The van der Waals surface area contributed by atoms with E-state index in [1.165, 1.54) is 4.70 Å². The van der Waals surface area contributed by atoms with Crippen molar-refractivity contribution in [2.24, 2.45) is 5.92 Å². The zero-order valence-corrected chi connectivity index (χ0v) is 11.0. The summed E-state index contributed by atoms with van der Waals surface area (Å²) in [6.45, 7) is 5.10. The van der Waals surface area contributed by atoms with Crippen LogP contribution in [0.15, 0.2) is 24.3 Å². The van der Waals surface area contributed by atoms with Gasteiger partial charge in [-0.2, -0.15) is 0 Å². The van der Waals surface area contributed by atoms with Crippen LogP contribution in [0.25, 0.3) is 10.2 Å².